The normalized spacial score (nSPS) is 9.20. The van der Waals surface area contributed by atoms with Crippen LogP contribution in [0, 0.1) is 11.8 Å². The van der Waals surface area contributed by atoms with Crippen molar-refractivity contribution in [2.45, 2.75) is 13.3 Å². The molecule has 0 fully saturated rings. The smallest absolute Gasteiger partial charge is 0.159 e. The van der Waals surface area contributed by atoms with Crippen LogP contribution in [0.2, 0.25) is 0 Å². The third-order valence-electron chi connectivity index (χ3n) is 1.95. The van der Waals surface area contributed by atoms with Crippen LogP contribution in [0.3, 0.4) is 0 Å². The van der Waals surface area contributed by atoms with Crippen LogP contribution in [0.5, 0.6) is 0 Å². The summed E-state index contributed by atoms with van der Waals surface area (Å²) in [5, 5.41) is 0. The summed E-state index contributed by atoms with van der Waals surface area (Å²) in [4.78, 5) is 11.1. The summed E-state index contributed by atoms with van der Waals surface area (Å²) in [5.74, 6) is 5.82. The highest BCUT2D eigenvalue weighted by molar-refractivity contribution is 5.95. The molecule has 0 unspecified atom stereocenters. The number of anilines is 1. The zero-order chi connectivity index (χ0) is 11.3. The number of benzene rings is 1. The van der Waals surface area contributed by atoms with Crippen molar-refractivity contribution in [3.8, 4) is 11.8 Å². The molecule has 0 aliphatic rings. The molecular weight excluding hydrogens is 188 g/mol. The summed E-state index contributed by atoms with van der Waals surface area (Å²) in [6.07, 6.45) is 0.647. The topological polar surface area (TPSA) is 69.1 Å². The van der Waals surface area contributed by atoms with Gasteiger partial charge in [0.05, 0.1) is 0 Å². The first-order valence-corrected chi connectivity index (χ1v) is 4.74. The lowest BCUT2D eigenvalue weighted by molar-refractivity contribution is 0.101. The second-order valence-corrected chi connectivity index (χ2v) is 3.20. The van der Waals surface area contributed by atoms with Gasteiger partial charge in [0, 0.05) is 29.8 Å². The molecule has 0 saturated carbocycles. The highest BCUT2D eigenvalue weighted by Crippen LogP contribution is 2.13. The molecule has 3 heteroatoms. The number of carbonyl (C=O) groups is 1. The van der Waals surface area contributed by atoms with Crippen molar-refractivity contribution >= 4 is 11.5 Å². The highest BCUT2D eigenvalue weighted by atomic mass is 16.1. The Morgan fingerprint density at radius 3 is 2.73 bits per heavy atom. The largest absolute Gasteiger partial charge is 0.398 e. The minimum Gasteiger partial charge on any atom is -0.398 e. The van der Waals surface area contributed by atoms with E-state index in [4.69, 9.17) is 11.5 Å². The Morgan fingerprint density at radius 2 is 2.20 bits per heavy atom. The monoisotopic (exact) mass is 202 g/mol. The van der Waals surface area contributed by atoms with E-state index in [-0.39, 0.29) is 5.78 Å². The van der Waals surface area contributed by atoms with E-state index >= 15 is 0 Å². The van der Waals surface area contributed by atoms with Gasteiger partial charge < -0.3 is 11.5 Å². The standard InChI is InChI=1S/C12H14N2O/c1-9(15)11-6-5-10(12(14)8-11)4-2-3-7-13/h5-6,8H,3,7,13-14H2,1H3. The van der Waals surface area contributed by atoms with E-state index in [1.165, 1.54) is 6.92 Å². The summed E-state index contributed by atoms with van der Waals surface area (Å²) in [6, 6.07) is 5.13. The van der Waals surface area contributed by atoms with Gasteiger partial charge in [0.1, 0.15) is 0 Å². The van der Waals surface area contributed by atoms with Gasteiger partial charge in [-0.2, -0.15) is 0 Å². The van der Waals surface area contributed by atoms with Gasteiger partial charge in [-0.15, -0.1) is 0 Å². The van der Waals surface area contributed by atoms with Crippen LogP contribution in [0.15, 0.2) is 18.2 Å². The van der Waals surface area contributed by atoms with Gasteiger partial charge >= 0.3 is 0 Å². The van der Waals surface area contributed by atoms with Gasteiger partial charge in [-0.3, -0.25) is 4.79 Å². The van der Waals surface area contributed by atoms with E-state index in [0.717, 1.165) is 5.56 Å². The molecule has 1 aromatic carbocycles. The summed E-state index contributed by atoms with van der Waals surface area (Å²) in [5.41, 5.74) is 13.0. The predicted octanol–water partition coefficient (Wildman–Crippen LogP) is 1.17. The molecule has 3 nitrogen and oxygen atoms in total. The van der Waals surface area contributed by atoms with Crippen LogP contribution in [-0.4, -0.2) is 12.3 Å². The van der Waals surface area contributed by atoms with Gasteiger partial charge in [-0.05, 0) is 19.1 Å². The van der Waals surface area contributed by atoms with Crippen molar-refractivity contribution in [2.75, 3.05) is 12.3 Å². The fraction of sp³-hybridized carbons (Fsp3) is 0.250. The number of hydrogen-bond acceptors (Lipinski definition) is 3. The van der Waals surface area contributed by atoms with Crippen molar-refractivity contribution < 1.29 is 4.79 Å². The summed E-state index contributed by atoms with van der Waals surface area (Å²) >= 11 is 0. The minimum absolute atomic E-state index is 0.00293. The Labute approximate surface area is 89.5 Å². The van der Waals surface area contributed by atoms with Gasteiger partial charge in [0.2, 0.25) is 0 Å². The van der Waals surface area contributed by atoms with E-state index < -0.39 is 0 Å². The fourth-order valence-electron chi connectivity index (χ4n) is 1.13. The number of hydrogen-bond donors (Lipinski definition) is 2. The quantitative estimate of drug-likeness (QED) is 0.429. The zero-order valence-electron chi connectivity index (χ0n) is 8.71. The Balaban J connectivity index is 2.95. The van der Waals surface area contributed by atoms with E-state index in [1.807, 2.05) is 0 Å². The lowest BCUT2D eigenvalue weighted by atomic mass is 10.1. The summed E-state index contributed by atoms with van der Waals surface area (Å²) < 4.78 is 0. The van der Waals surface area contributed by atoms with Crippen molar-refractivity contribution in [1.82, 2.24) is 0 Å². The Hall–Kier alpha value is -1.79. The van der Waals surface area contributed by atoms with Crippen LogP contribution < -0.4 is 11.5 Å². The summed E-state index contributed by atoms with van der Waals surface area (Å²) in [6.45, 7) is 2.05. The molecular formula is C12H14N2O. The molecule has 0 heterocycles. The lowest BCUT2D eigenvalue weighted by Crippen LogP contribution is -1.97. The average Bonchev–Trinajstić information content (AvgIpc) is 2.20. The predicted molar refractivity (Wildman–Crippen MR) is 61.4 cm³/mol. The van der Waals surface area contributed by atoms with Crippen LogP contribution in [-0.2, 0) is 0 Å². The number of nitrogens with two attached hydrogens (primary N) is 2. The van der Waals surface area contributed by atoms with Crippen molar-refractivity contribution in [3.05, 3.63) is 29.3 Å². The van der Waals surface area contributed by atoms with E-state index in [9.17, 15) is 4.79 Å². The average molecular weight is 202 g/mol. The summed E-state index contributed by atoms with van der Waals surface area (Å²) in [7, 11) is 0. The molecule has 1 rings (SSSR count). The first-order chi connectivity index (χ1) is 7.15. The molecule has 0 aliphatic heterocycles. The van der Waals surface area contributed by atoms with Crippen molar-refractivity contribution in [2.24, 2.45) is 5.73 Å². The maximum Gasteiger partial charge on any atom is 0.159 e. The molecule has 15 heavy (non-hydrogen) atoms. The van der Waals surface area contributed by atoms with Gasteiger partial charge in [-0.25, -0.2) is 0 Å². The second kappa shape index (κ2) is 5.18. The minimum atomic E-state index is 0.00293. The number of carbonyl (C=O) groups excluding carboxylic acids is 1. The van der Waals surface area contributed by atoms with Crippen molar-refractivity contribution in [3.63, 3.8) is 0 Å². The van der Waals surface area contributed by atoms with Gasteiger partial charge in [0.25, 0.3) is 0 Å². The van der Waals surface area contributed by atoms with Crippen LogP contribution in [0.4, 0.5) is 5.69 Å². The Bertz CT molecular complexity index is 427. The van der Waals surface area contributed by atoms with Crippen molar-refractivity contribution in [1.29, 1.82) is 0 Å². The third-order valence-corrected chi connectivity index (χ3v) is 1.95. The molecule has 0 aliphatic carbocycles. The van der Waals surface area contributed by atoms with Gasteiger partial charge in [-0.1, -0.05) is 17.9 Å². The molecule has 78 valence electrons. The molecule has 0 spiro atoms. The molecule has 0 radical (unpaired) electrons. The molecule has 4 N–H and O–H groups in total. The second-order valence-electron chi connectivity index (χ2n) is 3.20. The Kier molecular flexibility index (Phi) is 3.90. The maximum atomic E-state index is 11.1. The molecule has 0 aromatic heterocycles. The molecule has 0 amide bonds. The maximum absolute atomic E-state index is 11.1. The number of Topliss-reactive ketones (excluding diaryl/α,β-unsaturated/α-hetero) is 1. The van der Waals surface area contributed by atoms with Crippen LogP contribution >= 0.6 is 0 Å². The number of nitrogen functional groups attached to an aromatic ring is 1. The number of rotatable bonds is 2. The lowest BCUT2D eigenvalue weighted by Gasteiger charge is -2.00. The first kappa shape index (κ1) is 11.3. The van der Waals surface area contributed by atoms with E-state index in [2.05, 4.69) is 11.8 Å². The van der Waals surface area contributed by atoms with Gasteiger partial charge in [0.15, 0.2) is 5.78 Å². The number of ketones is 1. The molecule has 1 aromatic rings. The molecule has 0 atom stereocenters. The van der Waals surface area contributed by atoms with Crippen LogP contribution in [0.1, 0.15) is 29.3 Å². The zero-order valence-corrected chi connectivity index (χ0v) is 8.71. The SMILES string of the molecule is CC(=O)c1ccc(C#CCCN)c(N)c1. The molecule has 0 saturated heterocycles. The van der Waals surface area contributed by atoms with E-state index in [1.54, 1.807) is 18.2 Å². The highest BCUT2D eigenvalue weighted by Gasteiger charge is 2.01. The van der Waals surface area contributed by atoms with E-state index in [0.29, 0.717) is 24.2 Å². The van der Waals surface area contributed by atoms with Crippen LogP contribution in [0.25, 0.3) is 0 Å². The third kappa shape index (κ3) is 3.12. The fourth-order valence-corrected chi connectivity index (χ4v) is 1.13. The molecule has 0 bridgehead atoms. The Morgan fingerprint density at radius 1 is 1.47 bits per heavy atom. The first-order valence-electron chi connectivity index (χ1n) is 4.74.